The van der Waals surface area contributed by atoms with Crippen molar-refractivity contribution in [2.45, 2.75) is 19.8 Å². The number of nitrogens with one attached hydrogen (secondary N) is 1. The summed E-state index contributed by atoms with van der Waals surface area (Å²) in [5, 5.41) is 4.38. The minimum Gasteiger partial charge on any atom is -0.497 e. The highest BCUT2D eigenvalue weighted by Crippen LogP contribution is 2.30. The predicted molar refractivity (Wildman–Crippen MR) is 89.7 cm³/mol. The molecule has 1 aliphatic rings. The molecule has 2 heterocycles. The third-order valence-electron chi connectivity index (χ3n) is 4.31. The van der Waals surface area contributed by atoms with Crippen molar-refractivity contribution in [2.24, 2.45) is 5.92 Å². The third kappa shape index (κ3) is 2.99. The number of ether oxygens (including phenoxy) is 1. The van der Waals surface area contributed by atoms with Crippen molar-refractivity contribution in [3.63, 3.8) is 0 Å². The molecule has 5 nitrogen and oxygen atoms in total. The van der Waals surface area contributed by atoms with Gasteiger partial charge in [0.15, 0.2) is 0 Å². The van der Waals surface area contributed by atoms with Crippen molar-refractivity contribution >= 4 is 16.7 Å². The van der Waals surface area contributed by atoms with Crippen LogP contribution in [0.1, 0.15) is 18.7 Å². The Morgan fingerprint density at radius 1 is 1.36 bits per heavy atom. The van der Waals surface area contributed by atoms with Crippen LogP contribution in [0.3, 0.4) is 0 Å². The van der Waals surface area contributed by atoms with Crippen LogP contribution in [0.25, 0.3) is 10.9 Å². The van der Waals surface area contributed by atoms with Crippen LogP contribution in [-0.4, -0.2) is 43.8 Å². The van der Waals surface area contributed by atoms with Crippen LogP contribution in [0.15, 0.2) is 18.2 Å². The number of hydrogen-bond acceptors (Lipinski definition) is 5. The first-order valence-electron chi connectivity index (χ1n) is 7.93. The van der Waals surface area contributed by atoms with Gasteiger partial charge < -0.3 is 15.0 Å². The van der Waals surface area contributed by atoms with Crippen LogP contribution in [0.4, 0.5) is 5.82 Å². The summed E-state index contributed by atoms with van der Waals surface area (Å²) in [7, 11) is 3.72. The highest BCUT2D eigenvalue weighted by atomic mass is 16.5. The summed E-state index contributed by atoms with van der Waals surface area (Å²) in [4.78, 5) is 11.7. The van der Waals surface area contributed by atoms with E-state index in [1.165, 1.54) is 12.8 Å². The number of methoxy groups -OCH3 is 1. The highest BCUT2D eigenvalue weighted by Gasteiger charge is 2.22. The molecule has 1 N–H and O–H groups in total. The summed E-state index contributed by atoms with van der Waals surface area (Å²) < 4.78 is 5.37. The van der Waals surface area contributed by atoms with Crippen LogP contribution in [0.2, 0.25) is 0 Å². The number of nitrogens with zero attached hydrogens (tertiary/aromatic N) is 3. The lowest BCUT2D eigenvalue weighted by Gasteiger charge is -2.34. The SMILES string of the molecule is CNCC1CCCN(c2nc(C)nc3ccc(OC)cc23)C1. The van der Waals surface area contributed by atoms with Gasteiger partial charge in [0.2, 0.25) is 0 Å². The van der Waals surface area contributed by atoms with Crippen LogP contribution in [0, 0.1) is 12.8 Å². The maximum atomic E-state index is 5.37. The molecule has 0 aliphatic carbocycles. The molecule has 0 spiro atoms. The van der Waals surface area contributed by atoms with Gasteiger partial charge in [0.1, 0.15) is 17.4 Å². The van der Waals surface area contributed by atoms with E-state index in [-0.39, 0.29) is 0 Å². The molecule has 5 heteroatoms. The molecule has 1 aliphatic heterocycles. The fourth-order valence-electron chi connectivity index (χ4n) is 3.29. The number of aryl methyl sites for hydroxylation is 1. The average molecular weight is 300 g/mol. The Hall–Kier alpha value is -1.88. The monoisotopic (exact) mass is 300 g/mol. The molecule has 22 heavy (non-hydrogen) atoms. The van der Waals surface area contributed by atoms with Gasteiger partial charge in [-0.2, -0.15) is 0 Å². The van der Waals surface area contributed by atoms with E-state index in [9.17, 15) is 0 Å². The standard InChI is InChI=1S/C17H24N4O/c1-12-19-16-7-6-14(22-3)9-15(16)17(20-12)21-8-4-5-13(11-21)10-18-2/h6-7,9,13,18H,4-5,8,10-11H2,1-3H3. The normalized spacial score (nSPS) is 18.7. The number of hydrogen-bond donors (Lipinski definition) is 1. The molecule has 1 aromatic heterocycles. The number of piperidine rings is 1. The first kappa shape index (κ1) is 15.0. The van der Waals surface area contributed by atoms with Crippen molar-refractivity contribution in [3.05, 3.63) is 24.0 Å². The van der Waals surface area contributed by atoms with E-state index < -0.39 is 0 Å². The smallest absolute Gasteiger partial charge is 0.140 e. The van der Waals surface area contributed by atoms with Gasteiger partial charge in [-0.15, -0.1) is 0 Å². The minimum atomic E-state index is 0.676. The van der Waals surface area contributed by atoms with Crippen molar-refractivity contribution in [3.8, 4) is 5.75 Å². The van der Waals surface area contributed by atoms with Crippen molar-refractivity contribution in [1.29, 1.82) is 0 Å². The summed E-state index contributed by atoms with van der Waals surface area (Å²) in [5.41, 5.74) is 0.985. The van der Waals surface area contributed by atoms with Gasteiger partial charge in [-0.3, -0.25) is 0 Å². The molecule has 1 saturated heterocycles. The first-order chi connectivity index (χ1) is 10.7. The maximum Gasteiger partial charge on any atom is 0.140 e. The van der Waals surface area contributed by atoms with E-state index >= 15 is 0 Å². The molecule has 2 aromatic rings. The van der Waals surface area contributed by atoms with E-state index in [4.69, 9.17) is 9.72 Å². The van der Waals surface area contributed by atoms with Crippen molar-refractivity contribution in [1.82, 2.24) is 15.3 Å². The second-order valence-electron chi connectivity index (χ2n) is 5.99. The second kappa shape index (κ2) is 6.48. The zero-order chi connectivity index (χ0) is 15.5. The van der Waals surface area contributed by atoms with Crippen LogP contribution >= 0.6 is 0 Å². The lowest BCUT2D eigenvalue weighted by molar-refractivity contribution is 0.401. The molecule has 0 amide bonds. The van der Waals surface area contributed by atoms with Gasteiger partial charge in [0, 0.05) is 18.5 Å². The maximum absolute atomic E-state index is 5.37. The Kier molecular flexibility index (Phi) is 4.43. The lowest BCUT2D eigenvalue weighted by atomic mass is 9.97. The first-order valence-corrected chi connectivity index (χ1v) is 7.93. The Bertz CT molecular complexity index is 656. The Morgan fingerprint density at radius 3 is 3.00 bits per heavy atom. The van der Waals surface area contributed by atoms with Gasteiger partial charge in [-0.25, -0.2) is 9.97 Å². The van der Waals surface area contributed by atoms with Gasteiger partial charge >= 0.3 is 0 Å². The zero-order valence-electron chi connectivity index (χ0n) is 13.6. The van der Waals surface area contributed by atoms with Gasteiger partial charge in [0.05, 0.1) is 12.6 Å². The van der Waals surface area contributed by atoms with Crippen LogP contribution in [-0.2, 0) is 0 Å². The predicted octanol–water partition coefficient (Wildman–Crippen LogP) is 2.38. The van der Waals surface area contributed by atoms with Gasteiger partial charge in [0.25, 0.3) is 0 Å². The molecular weight excluding hydrogens is 276 g/mol. The number of rotatable bonds is 4. The van der Waals surface area contributed by atoms with Gasteiger partial charge in [-0.1, -0.05) is 0 Å². The topological polar surface area (TPSA) is 50.3 Å². The summed E-state index contributed by atoms with van der Waals surface area (Å²) in [6, 6.07) is 6.02. The summed E-state index contributed by atoms with van der Waals surface area (Å²) in [6.07, 6.45) is 2.49. The zero-order valence-corrected chi connectivity index (χ0v) is 13.6. The molecule has 118 valence electrons. The van der Waals surface area contributed by atoms with Crippen LogP contribution < -0.4 is 15.0 Å². The fraction of sp³-hybridized carbons (Fsp3) is 0.529. The van der Waals surface area contributed by atoms with Crippen molar-refractivity contribution in [2.75, 3.05) is 38.7 Å². The van der Waals surface area contributed by atoms with Crippen molar-refractivity contribution < 1.29 is 4.74 Å². The molecular formula is C17H24N4O. The number of benzene rings is 1. The van der Waals surface area contributed by atoms with Crippen LogP contribution in [0.5, 0.6) is 5.75 Å². The molecule has 1 unspecified atom stereocenters. The largest absolute Gasteiger partial charge is 0.497 e. The quantitative estimate of drug-likeness (QED) is 0.939. The number of fused-ring (bicyclic) bond motifs is 1. The molecule has 1 aromatic carbocycles. The van der Waals surface area contributed by atoms with E-state index in [1.807, 2.05) is 32.2 Å². The highest BCUT2D eigenvalue weighted by molar-refractivity contribution is 5.90. The van der Waals surface area contributed by atoms with E-state index in [1.54, 1.807) is 7.11 Å². The number of aromatic nitrogens is 2. The summed E-state index contributed by atoms with van der Waals surface area (Å²) in [6.45, 7) is 5.12. The summed E-state index contributed by atoms with van der Waals surface area (Å²) in [5.74, 6) is 3.39. The Morgan fingerprint density at radius 2 is 2.23 bits per heavy atom. The Labute approximate surface area is 131 Å². The lowest BCUT2D eigenvalue weighted by Crippen LogP contribution is -2.39. The number of anilines is 1. The molecule has 1 fully saturated rings. The average Bonchev–Trinajstić information content (AvgIpc) is 2.54. The van der Waals surface area contributed by atoms with E-state index in [0.29, 0.717) is 5.92 Å². The Balaban J connectivity index is 2.01. The second-order valence-corrected chi connectivity index (χ2v) is 5.99. The van der Waals surface area contributed by atoms with Gasteiger partial charge in [-0.05, 0) is 57.5 Å². The summed E-state index contributed by atoms with van der Waals surface area (Å²) >= 11 is 0. The molecule has 1 atom stereocenters. The minimum absolute atomic E-state index is 0.676. The molecule has 0 saturated carbocycles. The fourth-order valence-corrected chi connectivity index (χ4v) is 3.29. The molecule has 0 bridgehead atoms. The molecule has 0 radical (unpaired) electrons. The van der Waals surface area contributed by atoms with E-state index in [0.717, 1.165) is 47.9 Å². The van der Waals surface area contributed by atoms with E-state index in [2.05, 4.69) is 15.2 Å². The third-order valence-corrected chi connectivity index (χ3v) is 4.31. The molecule has 3 rings (SSSR count).